The minimum Gasteiger partial charge on any atom is -0.384 e. The Morgan fingerprint density at radius 2 is 2.25 bits per heavy atom. The fourth-order valence-electron chi connectivity index (χ4n) is 2.21. The molecule has 0 radical (unpaired) electrons. The Kier molecular flexibility index (Phi) is 6.23. The van der Waals surface area contributed by atoms with Crippen molar-refractivity contribution in [1.82, 2.24) is 20.5 Å². The number of ether oxygens (including phenoxy) is 1. The highest BCUT2D eigenvalue weighted by Crippen LogP contribution is 2.12. The lowest BCUT2D eigenvalue weighted by molar-refractivity contribution is -0.134. The van der Waals surface area contributed by atoms with E-state index in [4.69, 9.17) is 4.74 Å². The molecule has 24 heavy (non-hydrogen) atoms. The maximum absolute atomic E-state index is 12.1. The van der Waals surface area contributed by atoms with Gasteiger partial charge in [-0.15, -0.1) is 11.3 Å². The Bertz CT molecular complexity index is 594. The molecule has 1 aromatic heterocycles. The number of carbonyl (C=O) groups is 3. The number of β-amino-alcohol motifs (C(OH)–C–C–N with tert-alkyl or cyclic N) is 1. The number of carbonyl (C=O) groups excluding carboxylic acids is 3. The van der Waals surface area contributed by atoms with Crippen LogP contribution in [0.1, 0.15) is 17.4 Å². The molecule has 3 N–H and O–H groups in total. The average Bonchev–Trinajstić information content (AvgIpc) is 3.01. The van der Waals surface area contributed by atoms with Gasteiger partial charge in [0.15, 0.2) is 0 Å². The highest BCUT2D eigenvalue weighted by atomic mass is 32.1. The molecule has 0 saturated carbocycles. The smallest absolute Gasteiger partial charge is 0.270 e. The predicted octanol–water partition coefficient (Wildman–Crippen LogP) is -1.40. The van der Waals surface area contributed by atoms with E-state index in [-0.39, 0.29) is 50.4 Å². The summed E-state index contributed by atoms with van der Waals surface area (Å²) in [5, 5.41) is 17.3. The van der Waals surface area contributed by atoms with E-state index in [1.165, 1.54) is 23.2 Å². The zero-order chi connectivity index (χ0) is 17.6. The Hall–Kier alpha value is -2.04. The first-order valence-electron chi connectivity index (χ1n) is 7.38. The summed E-state index contributed by atoms with van der Waals surface area (Å²) in [5.74, 6) is -1.02. The third kappa shape index (κ3) is 5.25. The van der Waals surface area contributed by atoms with E-state index >= 15 is 0 Å². The SMILES string of the molecule is CC(=O)NCC(=O)N1CCOC[C@](O)(CNC(=O)c2cscn2)C1. The molecule has 0 aromatic carbocycles. The van der Waals surface area contributed by atoms with Crippen molar-refractivity contribution in [2.45, 2.75) is 12.5 Å². The quantitative estimate of drug-likeness (QED) is 0.597. The number of nitrogens with one attached hydrogen (secondary N) is 2. The van der Waals surface area contributed by atoms with Gasteiger partial charge in [0, 0.05) is 18.8 Å². The lowest BCUT2D eigenvalue weighted by Crippen LogP contribution is -2.54. The number of aliphatic hydroxyl groups is 1. The van der Waals surface area contributed by atoms with Crippen LogP contribution in [0.2, 0.25) is 0 Å². The Labute approximate surface area is 143 Å². The topological polar surface area (TPSA) is 121 Å². The van der Waals surface area contributed by atoms with Crippen molar-refractivity contribution in [2.24, 2.45) is 0 Å². The van der Waals surface area contributed by atoms with Crippen LogP contribution in [-0.2, 0) is 14.3 Å². The molecule has 0 aliphatic carbocycles. The molecule has 1 atom stereocenters. The molecule has 1 aromatic rings. The summed E-state index contributed by atoms with van der Waals surface area (Å²) >= 11 is 1.30. The molecule has 0 unspecified atom stereocenters. The summed E-state index contributed by atoms with van der Waals surface area (Å²) in [7, 11) is 0. The van der Waals surface area contributed by atoms with E-state index in [1.54, 1.807) is 10.9 Å². The number of thiazole rings is 1. The first kappa shape index (κ1) is 18.3. The fourth-order valence-corrected chi connectivity index (χ4v) is 2.74. The highest BCUT2D eigenvalue weighted by Gasteiger charge is 2.35. The van der Waals surface area contributed by atoms with Gasteiger partial charge in [-0.3, -0.25) is 14.4 Å². The molecule has 1 aliphatic rings. The molecular formula is C14H20N4O5S. The number of aromatic nitrogens is 1. The average molecular weight is 356 g/mol. The third-order valence-corrected chi connectivity index (χ3v) is 4.03. The fraction of sp³-hybridized carbons (Fsp3) is 0.571. The van der Waals surface area contributed by atoms with E-state index in [9.17, 15) is 19.5 Å². The van der Waals surface area contributed by atoms with Crippen LogP contribution in [0.5, 0.6) is 0 Å². The second-order valence-electron chi connectivity index (χ2n) is 5.56. The van der Waals surface area contributed by atoms with Crippen molar-refractivity contribution in [1.29, 1.82) is 0 Å². The van der Waals surface area contributed by atoms with Gasteiger partial charge in [0.05, 0.1) is 38.4 Å². The van der Waals surface area contributed by atoms with E-state index in [0.29, 0.717) is 6.54 Å². The van der Waals surface area contributed by atoms with E-state index in [0.717, 1.165) is 0 Å². The van der Waals surface area contributed by atoms with Gasteiger partial charge < -0.3 is 25.4 Å². The summed E-state index contributed by atoms with van der Waals surface area (Å²) in [6.45, 7) is 1.68. The second kappa shape index (κ2) is 8.18. The summed E-state index contributed by atoms with van der Waals surface area (Å²) < 4.78 is 5.34. The summed E-state index contributed by atoms with van der Waals surface area (Å²) in [6.07, 6.45) is 0. The monoisotopic (exact) mass is 356 g/mol. The zero-order valence-corrected chi connectivity index (χ0v) is 14.1. The molecule has 2 rings (SSSR count). The Balaban J connectivity index is 1.93. The van der Waals surface area contributed by atoms with Crippen LogP contribution in [0, 0.1) is 0 Å². The van der Waals surface area contributed by atoms with Crippen molar-refractivity contribution in [2.75, 3.05) is 39.4 Å². The minimum atomic E-state index is -1.41. The van der Waals surface area contributed by atoms with Crippen LogP contribution in [0.3, 0.4) is 0 Å². The third-order valence-electron chi connectivity index (χ3n) is 3.45. The lowest BCUT2D eigenvalue weighted by Gasteiger charge is -2.30. The molecule has 132 valence electrons. The molecule has 3 amide bonds. The van der Waals surface area contributed by atoms with Crippen LogP contribution in [0.4, 0.5) is 0 Å². The van der Waals surface area contributed by atoms with Crippen molar-refractivity contribution in [3.8, 4) is 0 Å². The lowest BCUT2D eigenvalue weighted by atomic mass is 10.0. The van der Waals surface area contributed by atoms with Crippen LogP contribution < -0.4 is 10.6 Å². The van der Waals surface area contributed by atoms with E-state index < -0.39 is 11.5 Å². The summed E-state index contributed by atoms with van der Waals surface area (Å²) in [4.78, 5) is 40.3. The maximum Gasteiger partial charge on any atom is 0.270 e. The van der Waals surface area contributed by atoms with Crippen LogP contribution >= 0.6 is 11.3 Å². The van der Waals surface area contributed by atoms with Crippen molar-refractivity contribution < 1.29 is 24.2 Å². The number of amides is 3. The van der Waals surface area contributed by atoms with Gasteiger partial charge in [-0.05, 0) is 0 Å². The van der Waals surface area contributed by atoms with Crippen LogP contribution in [0.25, 0.3) is 0 Å². The normalized spacial score (nSPS) is 21.0. The van der Waals surface area contributed by atoms with Crippen molar-refractivity contribution in [3.63, 3.8) is 0 Å². The molecule has 1 fully saturated rings. The number of nitrogens with zero attached hydrogens (tertiary/aromatic N) is 2. The van der Waals surface area contributed by atoms with Gasteiger partial charge in [-0.1, -0.05) is 0 Å². The minimum absolute atomic E-state index is 0.00274. The van der Waals surface area contributed by atoms with Crippen LogP contribution in [0.15, 0.2) is 10.9 Å². The van der Waals surface area contributed by atoms with Gasteiger partial charge in [-0.2, -0.15) is 0 Å². The van der Waals surface area contributed by atoms with Crippen molar-refractivity contribution in [3.05, 3.63) is 16.6 Å². The molecular weight excluding hydrogens is 336 g/mol. The van der Waals surface area contributed by atoms with Gasteiger partial charge in [-0.25, -0.2) is 4.98 Å². The van der Waals surface area contributed by atoms with Gasteiger partial charge in [0.25, 0.3) is 5.91 Å². The van der Waals surface area contributed by atoms with Crippen molar-refractivity contribution >= 4 is 29.1 Å². The number of hydrogen-bond donors (Lipinski definition) is 3. The number of hydrogen-bond acceptors (Lipinski definition) is 7. The maximum atomic E-state index is 12.1. The second-order valence-corrected chi connectivity index (χ2v) is 6.28. The molecule has 0 spiro atoms. The van der Waals surface area contributed by atoms with Gasteiger partial charge >= 0.3 is 0 Å². The van der Waals surface area contributed by atoms with Gasteiger partial charge in [0.1, 0.15) is 11.3 Å². The first-order valence-corrected chi connectivity index (χ1v) is 8.33. The highest BCUT2D eigenvalue weighted by molar-refractivity contribution is 7.07. The zero-order valence-electron chi connectivity index (χ0n) is 13.3. The molecule has 1 aliphatic heterocycles. The summed E-state index contributed by atoms with van der Waals surface area (Å²) in [6, 6.07) is 0. The van der Waals surface area contributed by atoms with E-state index in [2.05, 4.69) is 15.6 Å². The molecule has 0 bridgehead atoms. The Morgan fingerprint density at radius 1 is 1.46 bits per heavy atom. The van der Waals surface area contributed by atoms with E-state index in [1.807, 2.05) is 0 Å². The predicted molar refractivity (Wildman–Crippen MR) is 85.5 cm³/mol. The standard InChI is InChI=1S/C14H20N4O5S/c1-10(19)15-4-12(20)18-2-3-23-8-14(22,7-18)6-16-13(21)11-5-24-9-17-11/h5,9,22H,2-4,6-8H2,1H3,(H,15,19)(H,16,21)/t14-/m0/s1. The molecule has 2 heterocycles. The molecule has 9 nitrogen and oxygen atoms in total. The number of rotatable bonds is 5. The molecule has 1 saturated heterocycles. The summed E-state index contributed by atoms with van der Waals surface area (Å²) in [5.41, 5.74) is 0.409. The largest absolute Gasteiger partial charge is 0.384 e. The van der Waals surface area contributed by atoms with Crippen LogP contribution in [-0.4, -0.2) is 77.7 Å². The first-order chi connectivity index (χ1) is 11.4. The molecule has 10 heteroatoms. The van der Waals surface area contributed by atoms with Gasteiger partial charge in [0.2, 0.25) is 11.8 Å². The Morgan fingerprint density at radius 3 is 2.92 bits per heavy atom.